The van der Waals surface area contributed by atoms with Gasteiger partial charge in [0.25, 0.3) is 0 Å². The molecule has 2 saturated heterocycles. The molecular weight excluding hydrogens is 374 g/mol. The van der Waals surface area contributed by atoms with Crippen molar-refractivity contribution < 1.29 is 13.2 Å². The molecule has 2 aromatic rings. The third-order valence-electron chi connectivity index (χ3n) is 5.50. The highest BCUT2D eigenvalue weighted by molar-refractivity contribution is 7.89. The Morgan fingerprint density at radius 2 is 1.71 bits per heavy atom. The first-order valence-corrected chi connectivity index (χ1v) is 11.2. The van der Waals surface area contributed by atoms with Crippen molar-refractivity contribution in [3.8, 4) is 0 Å². The second-order valence-corrected chi connectivity index (χ2v) is 9.20. The van der Waals surface area contributed by atoms with E-state index in [0.717, 1.165) is 31.6 Å². The van der Waals surface area contributed by atoms with Gasteiger partial charge in [-0.25, -0.2) is 13.1 Å². The molecule has 0 bridgehead atoms. The van der Waals surface area contributed by atoms with Crippen LogP contribution in [0.5, 0.6) is 0 Å². The van der Waals surface area contributed by atoms with E-state index in [1.54, 1.807) is 29.2 Å². The molecule has 2 aliphatic heterocycles. The highest BCUT2D eigenvalue weighted by Crippen LogP contribution is 2.25. The molecule has 4 rings (SSSR count). The lowest BCUT2D eigenvalue weighted by Crippen LogP contribution is -2.31. The molecule has 0 aromatic heterocycles. The molecule has 2 fully saturated rings. The Kier molecular flexibility index (Phi) is 5.37. The summed E-state index contributed by atoms with van der Waals surface area (Å²) >= 11 is 0. The Morgan fingerprint density at radius 3 is 2.39 bits per heavy atom. The quantitative estimate of drug-likeness (QED) is 0.811. The lowest BCUT2D eigenvalue weighted by atomic mass is 10.1. The van der Waals surface area contributed by atoms with Gasteiger partial charge in [0.05, 0.1) is 4.90 Å². The summed E-state index contributed by atoms with van der Waals surface area (Å²) in [6, 6.07) is 16.8. The van der Waals surface area contributed by atoms with Crippen LogP contribution in [-0.2, 0) is 14.8 Å². The first-order chi connectivity index (χ1) is 13.5. The second-order valence-electron chi connectivity index (χ2n) is 7.43. The van der Waals surface area contributed by atoms with Gasteiger partial charge in [-0.3, -0.25) is 4.79 Å². The molecule has 0 radical (unpaired) electrons. The van der Waals surface area contributed by atoms with E-state index in [0.29, 0.717) is 19.5 Å². The molecule has 1 atom stereocenters. The van der Waals surface area contributed by atoms with Crippen LogP contribution in [0.3, 0.4) is 0 Å². The van der Waals surface area contributed by atoms with Crippen molar-refractivity contribution in [3.63, 3.8) is 0 Å². The van der Waals surface area contributed by atoms with Gasteiger partial charge in [-0.1, -0.05) is 18.2 Å². The van der Waals surface area contributed by atoms with Gasteiger partial charge in [-0.05, 0) is 55.2 Å². The fraction of sp³-hybridized carbons (Fsp3) is 0.381. The maximum atomic E-state index is 12.6. The van der Waals surface area contributed by atoms with Crippen molar-refractivity contribution in [1.29, 1.82) is 0 Å². The Labute approximate surface area is 166 Å². The zero-order valence-corrected chi connectivity index (χ0v) is 16.6. The van der Waals surface area contributed by atoms with Crippen LogP contribution in [0.1, 0.15) is 19.3 Å². The maximum Gasteiger partial charge on any atom is 0.240 e. The third-order valence-corrected chi connectivity index (χ3v) is 6.94. The number of nitrogens with one attached hydrogen (secondary N) is 1. The number of amides is 1. The van der Waals surface area contributed by atoms with Crippen LogP contribution in [0.15, 0.2) is 59.5 Å². The number of carbonyl (C=O) groups excluding carboxylic acids is 1. The SMILES string of the molecule is O=C1CCCN1c1ccc(S(=O)(=O)NCC2CCN(c3ccccc3)C2)cc1. The van der Waals surface area contributed by atoms with Crippen LogP contribution in [-0.4, -0.2) is 40.5 Å². The minimum Gasteiger partial charge on any atom is -0.371 e. The lowest BCUT2D eigenvalue weighted by molar-refractivity contribution is -0.117. The summed E-state index contributed by atoms with van der Waals surface area (Å²) < 4.78 is 28.0. The Bertz CT molecular complexity index is 929. The van der Waals surface area contributed by atoms with Crippen LogP contribution in [0.2, 0.25) is 0 Å². The summed E-state index contributed by atoms with van der Waals surface area (Å²) in [4.78, 5) is 16.1. The van der Waals surface area contributed by atoms with Gasteiger partial charge in [0.1, 0.15) is 0 Å². The number of hydrogen-bond donors (Lipinski definition) is 1. The smallest absolute Gasteiger partial charge is 0.240 e. The van der Waals surface area contributed by atoms with E-state index >= 15 is 0 Å². The normalized spacial score (nSPS) is 20.1. The number of para-hydroxylation sites is 1. The molecule has 0 aliphatic carbocycles. The van der Waals surface area contributed by atoms with E-state index in [1.165, 1.54) is 5.69 Å². The van der Waals surface area contributed by atoms with Gasteiger partial charge in [0.2, 0.25) is 15.9 Å². The standard InChI is InChI=1S/C21H25N3O3S/c25-21-7-4-13-24(21)19-8-10-20(11-9-19)28(26,27)22-15-17-12-14-23(16-17)18-5-2-1-3-6-18/h1-3,5-6,8-11,17,22H,4,7,12-16H2. The van der Waals surface area contributed by atoms with Crippen molar-refractivity contribution in [2.45, 2.75) is 24.2 Å². The monoisotopic (exact) mass is 399 g/mol. The minimum absolute atomic E-state index is 0.0953. The van der Waals surface area contributed by atoms with E-state index in [1.807, 2.05) is 18.2 Å². The molecule has 1 amide bonds. The first-order valence-electron chi connectivity index (χ1n) is 9.73. The molecule has 0 spiro atoms. The topological polar surface area (TPSA) is 69.7 Å². The van der Waals surface area contributed by atoms with Crippen molar-refractivity contribution in [2.75, 3.05) is 36.0 Å². The molecule has 1 unspecified atom stereocenters. The molecule has 2 aliphatic rings. The average Bonchev–Trinajstić information content (AvgIpc) is 3.36. The second kappa shape index (κ2) is 7.93. The molecule has 1 N–H and O–H groups in total. The summed E-state index contributed by atoms with van der Waals surface area (Å²) in [5.41, 5.74) is 1.94. The predicted octanol–water partition coefficient (Wildman–Crippen LogP) is 2.62. The average molecular weight is 400 g/mol. The van der Waals surface area contributed by atoms with Gasteiger partial charge in [0, 0.05) is 44.0 Å². The van der Waals surface area contributed by atoms with Crippen molar-refractivity contribution >= 4 is 27.3 Å². The summed E-state index contributed by atoms with van der Waals surface area (Å²) in [6.07, 6.45) is 2.37. The molecule has 0 saturated carbocycles. The lowest BCUT2D eigenvalue weighted by Gasteiger charge is -2.19. The van der Waals surface area contributed by atoms with Gasteiger partial charge in [-0.15, -0.1) is 0 Å². The summed E-state index contributed by atoms with van der Waals surface area (Å²) in [7, 11) is -3.56. The highest BCUT2D eigenvalue weighted by atomic mass is 32.2. The van der Waals surface area contributed by atoms with Crippen LogP contribution in [0, 0.1) is 5.92 Å². The number of hydrogen-bond acceptors (Lipinski definition) is 4. The number of sulfonamides is 1. The Hall–Kier alpha value is -2.38. The van der Waals surface area contributed by atoms with E-state index in [-0.39, 0.29) is 16.7 Å². The third kappa shape index (κ3) is 4.05. The van der Waals surface area contributed by atoms with E-state index < -0.39 is 10.0 Å². The molecule has 2 heterocycles. The Balaban J connectivity index is 1.35. The summed E-state index contributed by atoms with van der Waals surface area (Å²) in [5, 5.41) is 0. The van der Waals surface area contributed by atoms with Gasteiger partial charge >= 0.3 is 0 Å². The van der Waals surface area contributed by atoms with E-state index in [4.69, 9.17) is 0 Å². The number of nitrogens with zero attached hydrogens (tertiary/aromatic N) is 2. The number of anilines is 2. The number of carbonyl (C=O) groups is 1. The first kappa shape index (κ1) is 19.0. The van der Waals surface area contributed by atoms with E-state index in [2.05, 4.69) is 21.8 Å². The fourth-order valence-corrected chi connectivity index (χ4v) is 5.03. The van der Waals surface area contributed by atoms with Crippen LogP contribution < -0.4 is 14.5 Å². The summed E-state index contributed by atoms with van der Waals surface area (Å²) in [6.45, 7) is 2.91. The van der Waals surface area contributed by atoms with Crippen molar-refractivity contribution in [3.05, 3.63) is 54.6 Å². The number of rotatable bonds is 6. The number of benzene rings is 2. The van der Waals surface area contributed by atoms with Gasteiger partial charge in [-0.2, -0.15) is 0 Å². The predicted molar refractivity (Wildman–Crippen MR) is 110 cm³/mol. The Morgan fingerprint density at radius 1 is 0.964 bits per heavy atom. The zero-order valence-electron chi connectivity index (χ0n) is 15.8. The van der Waals surface area contributed by atoms with Crippen LogP contribution in [0.25, 0.3) is 0 Å². The molecular formula is C21H25N3O3S. The van der Waals surface area contributed by atoms with Gasteiger partial charge < -0.3 is 9.80 Å². The highest BCUT2D eigenvalue weighted by Gasteiger charge is 2.25. The van der Waals surface area contributed by atoms with Gasteiger partial charge in [0.15, 0.2) is 0 Å². The zero-order chi connectivity index (χ0) is 19.6. The molecule has 7 heteroatoms. The molecule has 28 heavy (non-hydrogen) atoms. The maximum absolute atomic E-state index is 12.6. The minimum atomic E-state index is -3.56. The van der Waals surface area contributed by atoms with Crippen molar-refractivity contribution in [1.82, 2.24) is 4.72 Å². The molecule has 6 nitrogen and oxygen atoms in total. The largest absolute Gasteiger partial charge is 0.371 e. The fourth-order valence-electron chi connectivity index (χ4n) is 3.91. The molecule has 2 aromatic carbocycles. The van der Waals surface area contributed by atoms with Crippen LogP contribution >= 0.6 is 0 Å². The van der Waals surface area contributed by atoms with E-state index in [9.17, 15) is 13.2 Å². The van der Waals surface area contributed by atoms with Crippen molar-refractivity contribution in [2.24, 2.45) is 5.92 Å². The van der Waals surface area contributed by atoms with Crippen LogP contribution in [0.4, 0.5) is 11.4 Å². The molecule has 148 valence electrons. The summed E-state index contributed by atoms with van der Waals surface area (Å²) in [5.74, 6) is 0.384.